The third-order valence-electron chi connectivity index (χ3n) is 4.26. The zero-order valence-corrected chi connectivity index (χ0v) is 11.1. The van der Waals surface area contributed by atoms with Crippen molar-refractivity contribution in [2.75, 3.05) is 7.05 Å². The van der Waals surface area contributed by atoms with Gasteiger partial charge in [0.05, 0.1) is 18.4 Å². The summed E-state index contributed by atoms with van der Waals surface area (Å²) in [6, 6.07) is 0. The van der Waals surface area contributed by atoms with Crippen molar-refractivity contribution in [1.82, 2.24) is 20.1 Å². The molecule has 1 aromatic heterocycles. The van der Waals surface area contributed by atoms with Crippen LogP contribution in [0.25, 0.3) is 0 Å². The molecule has 0 aliphatic heterocycles. The molecule has 2 unspecified atom stereocenters. The molecule has 1 aromatic rings. The van der Waals surface area contributed by atoms with Gasteiger partial charge in [0.15, 0.2) is 0 Å². The highest BCUT2D eigenvalue weighted by atomic mass is 16.4. The number of hydrogen-bond acceptors (Lipinski definition) is 4. The maximum Gasteiger partial charge on any atom is 0.307 e. The van der Waals surface area contributed by atoms with Gasteiger partial charge in [0.1, 0.15) is 12.2 Å². The molecule has 7 nitrogen and oxygen atoms in total. The molecule has 7 heteroatoms. The molecule has 0 aromatic carbocycles. The predicted octanol–water partition coefficient (Wildman–Crippen LogP) is 0.286. The molecule has 1 amide bonds. The number of H-pyrrole nitrogens is 1. The van der Waals surface area contributed by atoms with Gasteiger partial charge in [-0.15, -0.1) is 0 Å². The molecular weight excluding hydrogens is 260 g/mol. The summed E-state index contributed by atoms with van der Waals surface area (Å²) in [6.45, 7) is 0.308. The minimum absolute atomic E-state index is 0.00914. The lowest BCUT2D eigenvalue weighted by molar-refractivity contribution is -0.150. The van der Waals surface area contributed by atoms with Crippen LogP contribution in [0.5, 0.6) is 0 Å². The molecule has 106 valence electrons. The Balaban J connectivity index is 1.76. The van der Waals surface area contributed by atoms with Gasteiger partial charge < -0.3 is 10.0 Å². The van der Waals surface area contributed by atoms with Crippen LogP contribution in [0.15, 0.2) is 18.5 Å². The molecule has 20 heavy (non-hydrogen) atoms. The van der Waals surface area contributed by atoms with Crippen LogP contribution >= 0.6 is 0 Å². The Morgan fingerprint density at radius 1 is 1.40 bits per heavy atom. The standard InChI is InChI=1S/C13H16N4O3/c1-17(5-9-14-6-15-16-9)12(18)10-7-2-3-8(4-7)11(10)13(19)20/h2-3,6-8,10-11H,4-5H2,1H3,(H,19,20)(H,14,15,16)/t7?,8?,10-,11+/m0/s1. The third-order valence-corrected chi connectivity index (χ3v) is 4.26. The maximum absolute atomic E-state index is 12.5. The van der Waals surface area contributed by atoms with Gasteiger partial charge in [-0.3, -0.25) is 14.7 Å². The van der Waals surface area contributed by atoms with E-state index in [2.05, 4.69) is 15.2 Å². The molecule has 1 saturated carbocycles. The van der Waals surface area contributed by atoms with E-state index in [0.29, 0.717) is 12.4 Å². The lowest BCUT2D eigenvalue weighted by Crippen LogP contribution is -2.41. The number of carbonyl (C=O) groups excluding carboxylic acids is 1. The number of aromatic amines is 1. The monoisotopic (exact) mass is 276 g/mol. The first-order chi connectivity index (χ1) is 9.58. The first kappa shape index (κ1) is 12.8. The van der Waals surface area contributed by atoms with E-state index >= 15 is 0 Å². The van der Waals surface area contributed by atoms with Crippen molar-refractivity contribution < 1.29 is 14.7 Å². The molecule has 0 saturated heterocycles. The molecule has 2 N–H and O–H groups in total. The second-order valence-corrected chi connectivity index (χ2v) is 5.46. The van der Waals surface area contributed by atoms with Crippen LogP contribution in [0, 0.1) is 23.7 Å². The fourth-order valence-electron chi connectivity index (χ4n) is 3.36. The molecule has 3 rings (SSSR count). The smallest absolute Gasteiger partial charge is 0.307 e. The van der Waals surface area contributed by atoms with Gasteiger partial charge in [0, 0.05) is 7.05 Å². The van der Waals surface area contributed by atoms with E-state index in [-0.39, 0.29) is 17.7 Å². The molecule has 0 radical (unpaired) electrons. The fraction of sp³-hybridized carbons (Fsp3) is 0.538. The first-order valence-corrected chi connectivity index (χ1v) is 6.58. The number of aromatic nitrogens is 3. The molecule has 2 aliphatic rings. The van der Waals surface area contributed by atoms with Gasteiger partial charge in [0.2, 0.25) is 5.91 Å². The van der Waals surface area contributed by atoms with Gasteiger partial charge in [-0.05, 0) is 18.3 Å². The van der Waals surface area contributed by atoms with Crippen molar-refractivity contribution in [2.24, 2.45) is 23.7 Å². The van der Waals surface area contributed by atoms with E-state index in [9.17, 15) is 14.7 Å². The van der Waals surface area contributed by atoms with Gasteiger partial charge >= 0.3 is 5.97 Å². The Labute approximate surface area is 115 Å². The fourth-order valence-corrected chi connectivity index (χ4v) is 3.36. The summed E-state index contributed by atoms with van der Waals surface area (Å²) in [4.78, 5) is 29.5. The third kappa shape index (κ3) is 1.99. The summed E-state index contributed by atoms with van der Waals surface area (Å²) in [6.07, 6.45) is 6.07. The average molecular weight is 276 g/mol. The molecule has 4 atom stereocenters. The van der Waals surface area contributed by atoms with E-state index < -0.39 is 17.8 Å². The predicted molar refractivity (Wildman–Crippen MR) is 68.2 cm³/mol. The van der Waals surface area contributed by atoms with Gasteiger partial charge in [-0.25, -0.2) is 4.98 Å². The number of hydrogen-bond donors (Lipinski definition) is 2. The first-order valence-electron chi connectivity index (χ1n) is 6.58. The maximum atomic E-state index is 12.5. The van der Waals surface area contributed by atoms with Crippen LogP contribution in [0.1, 0.15) is 12.2 Å². The van der Waals surface area contributed by atoms with Crippen LogP contribution in [0.3, 0.4) is 0 Å². The van der Waals surface area contributed by atoms with Gasteiger partial charge in [-0.1, -0.05) is 12.2 Å². The quantitative estimate of drug-likeness (QED) is 0.770. The zero-order valence-electron chi connectivity index (χ0n) is 11.1. The van der Waals surface area contributed by atoms with E-state index in [4.69, 9.17) is 0 Å². The van der Waals surface area contributed by atoms with Crippen molar-refractivity contribution in [1.29, 1.82) is 0 Å². The molecular formula is C13H16N4O3. The number of fused-ring (bicyclic) bond motifs is 2. The molecule has 2 bridgehead atoms. The number of carbonyl (C=O) groups is 2. The summed E-state index contributed by atoms with van der Waals surface area (Å²) in [5, 5.41) is 15.8. The Kier molecular flexibility index (Phi) is 3.04. The Morgan fingerprint density at radius 3 is 2.70 bits per heavy atom. The largest absolute Gasteiger partial charge is 0.481 e. The van der Waals surface area contributed by atoms with Gasteiger partial charge in [0.25, 0.3) is 0 Å². The SMILES string of the molecule is CN(Cc1ncn[nH]1)C(=O)[C@H]1C2C=CC(C2)[C@H]1C(=O)O. The Morgan fingerprint density at radius 2 is 2.10 bits per heavy atom. The number of amides is 1. The summed E-state index contributed by atoms with van der Waals surface area (Å²) < 4.78 is 0. The van der Waals surface area contributed by atoms with Crippen molar-refractivity contribution in [3.63, 3.8) is 0 Å². The van der Waals surface area contributed by atoms with E-state index in [1.165, 1.54) is 11.2 Å². The highest BCUT2D eigenvalue weighted by molar-refractivity contribution is 5.86. The Bertz CT molecular complexity index is 554. The second-order valence-electron chi connectivity index (χ2n) is 5.46. The highest BCUT2D eigenvalue weighted by Crippen LogP contribution is 2.48. The summed E-state index contributed by atoms with van der Waals surface area (Å²) >= 11 is 0. The number of carboxylic acids is 1. The van der Waals surface area contributed by atoms with E-state index in [1.54, 1.807) is 7.05 Å². The summed E-state index contributed by atoms with van der Waals surface area (Å²) in [5.74, 6) is -1.45. The highest BCUT2D eigenvalue weighted by Gasteiger charge is 2.52. The zero-order chi connectivity index (χ0) is 14.3. The van der Waals surface area contributed by atoms with Crippen molar-refractivity contribution in [3.8, 4) is 0 Å². The summed E-state index contributed by atoms with van der Waals surface area (Å²) in [5.41, 5.74) is 0. The lowest BCUT2D eigenvalue weighted by atomic mass is 9.82. The molecule has 0 spiro atoms. The topological polar surface area (TPSA) is 99.2 Å². The second kappa shape index (κ2) is 4.73. The number of nitrogens with one attached hydrogen (secondary N) is 1. The average Bonchev–Trinajstić information content (AvgIpc) is 3.12. The van der Waals surface area contributed by atoms with Gasteiger partial charge in [-0.2, -0.15) is 5.10 Å². The number of nitrogens with zero attached hydrogens (tertiary/aromatic N) is 3. The van der Waals surface area contributed by atoms with Crippen molar-refractivity contribution >= 4 is 11.9 Å². The van der Waals surface area contributed by atoms with Crippen LogP contribution in [0.2, 0.25) is 0 Å². The molecule has 2 aliphatic carbocycles. The normalized spacial score (nSPS) is 30.6. The van der Waals surface area contributed by atoms with Crippen LogP contribution in [0.4, 0.5) is 0 Å². The number of carboxylic acid groups (broad SMARTS) is 1. The van der Waals surface area contributed by atoms with Crippen LogP contribution in [-0.4, -0.2) is 44.1 Å². The summed E-state index contributed by atoms with van der Waals surface area (Å²) in [7, 11) is 1.67. The van der Waals surface area contributed by atoms with Crippen LogP contribution in [-0.2, 0) is 16.1 Å². The van der Waals surface area contributed by atoms with E-state index in [1.807, 2.05) is 12.2 Å². The van der Waals surface area contributed by atoms with Crippen molar-refractivity contribution in [2.45, 2.75) is 13.0 Å². The van der Waals surface area contributed by atoms with E-state index in [0.717, 1.165) is 6.42 Å². The molecule has 1 heterocycles. The Hall–Kier alpha value is -2.18. The lowest BCUT2D eigenvalue weighted by Gasteiger charge is -2.28. The molecule has 1 fully saturated rings. The number of allylic oxidation sites excluding steroid dienone is 2. The number of aliphatic carboxylic acids is 1. The minimum Gasteiger partial charge on any atom is -0.481 e. The number of rotatable bonds is 4. The van der Waals surface area contributed by atoms with Crippen LogP contribution < -0.4 is 0 Å². The minimum atomic E-state index is -0.881. The van der Waals surface area contributed by atoms with Crippen molar-refractivity contribution in [3.05, 3.63) is 24.3 Å².